The number of ether oxygens (including phenoxy) is 1. The minimum atomic E-state index is -0.351. The van der Waals surface area contributed by atoms with Crippen LogP contribution in [0.5, 0.6) is 11.5 Å². The molecular weight excluding hydrogens is 696 g/mol. The van der Waals surface area contributed by atoms with E-state index in [-0.39, 0.29) is 35.2 Å². The molecule has 2 amide bonds. The van der Waals surface area contributed by atoms with E-state index in [1.165, 1.54) is 43.7 Å². The zero-order valence-electron chi connectivity index (χ0n) is 32.7. The van der Waals surface area contributed by atoms with Crippen LogP contribution in [0.4, 0.5) is 15.9 Å². The van der Waals surface area contributed by atoms with E-state index in [4.69, 9.17) is 10.5 Å². The molecule has 3 aliphatic heterocycles. The average Bonchev–Trinajstić information content (AvgIpc) is 3.24. The molecule has 1 saturated carbocycles. The average molecular weight is 753 g/mol. The van der Waals surface area contributed by atoms with Crippen LogP contribution in [0.15, 0.2) is 66.7 Å². The maximum atomic E-state index is 14.7. The number of para-hydroxylation sites is 2. The summed E-state index contributed by atoms with van der Waals surface area (Å²) in [4.78, 5) is 25.9. The number of amides is 2. The van der Waals surface area contributed by atoms with E-state index >= 15 is 0 Å². The van der Waals surface area contributed by atoms with Crippen LogP contribution in [0.1, 0.15) is 108 Å². The number of phenols is 1. The van der Waals surface area contributed by atoms with Crippen molar-refractivity contribution in [2.24, 2.45) is 0 Å². The molecule has 11 heteroatoms. The number of hydrogen-bond donors (Lipinski definition) is 4. The summed E-state index contributed by atoms with van der Waals surface area (Å²) in [5, 5.41) is 24.0. The van der Waals surface area contributed by atoms with Crippen LogP contribution in [-0.4, -0.2) is 59.4 Å². The maximum absolute atomic E-state index is 14.7. The first-order valence-corrected chi connectivity index (χ1v) is 20.2. The van der Waals surface area contributed by atoms with Crippen molar-refractivity contribution >= 4 is 23.3 Å². The molecule has 10 nitrogen and oxygen atoms in total. The van der Waals surface area contributed by atoms with E-state index in [1.54, 1.807) is 30.3 Å². The van der Waals surface area contributed by atoms with Crippen molar-refractivity contribution in [3.8, 4) is 33.9 Å². The van der Waals surface area contributed by atoms with Crippen LogP contribution in [-0.2, 0) is 9.59 Å². The molecule has 1 atom stereocenters. The summed E-state index contributed by atoms with van der Waals surface area (Å²) in [6.07, 6.45) is 9.38. The summed E-state index contributed by atoms with van der Waals surface area (Å²) in [5.74, 6) is 1.48. The first-order valence-electron chi connectivity index (χ1n) is 20.2. The van der Waals surface area contributed by atoms with Gasteiger partial charge in [-0.1, -0.05) is 77.3 Å². The van der Waals surface area contributed by atoms with Gasteiger partial charge in [-0.2, -0.15) is 0 Å². The van der Waals surface area contributed by atoms with Crippen molar-refractivity contribution in [2.45, 2.75) is 103 Å². The second-order valence-corrected chi connectivity index (χ2v) is 13.8. The number of aromatic hydroxyl groups is 1. The molecule has 4 heterocycles. The second-order valence-electron chi connectivity index (χ2n) is 13.8. The molecule has 4 aromatic rings. The largest absolute Gasteiger partial charge is 0.507 e. The number of phenolic OH excluding ortho intramolecular Hbond substituents is 1. The van der Waals surface area contributed by atoms with Crippen LogP contribution in [0.25, 0.3) is 22.4 Å². The van der Waals surface area contributed by atoms with Gasteiger partial charge in [-0.05, 0) is 105 Å². The lowest BCUT2D eigenvalue weighted by Crippen LogP contribution is -2.54. The van der Waals surface area contributed by atoms with Crippen molar-refractivity contribution in [1.29, 1.82) is 0 Å². The quantitative estimate of drug-likeness (QED) is 0.148. The summed E-state index contributed by atoms with van der Waals surface area (Å²) < 4.78 is 20.7. The number of nitrogens with zero attached hydrogens (tertiary/aromatic N) is 3. The SMILES string of the molecule is CC.CC.Nc1nnc(-c2ccccc2O)cc1-c1cc(C2CCNCC2)ccc1F.O=C1CCC(N2CCOc3c(C4CCCCC4)cccc32)C(=O)N1. The monoisotopic (exact) mass is 752 g/mol. The first-order chi connectivity index (χ1) is 26.9. The standard InChI is InChI=1S/C21H21FN4O.C19H24N2O3.2C2H6/c22-18-6-5-14(13-7-9-24-10-8-13)11-16(18)17-12-19(25-26-21(17)23)15-3-1-2-4-20(15)27;22-17-10-9-16(19(23)20-17)21-11-12-24-18-14(7-4-8-15(18)21)13-5-2-1-3-6-13;2*1-2/h1-6,11-13,24,27H,7-10H2,(H2,23,26);4,7-8,13,16H,1-3,5-6,9-12H2,(H,20,22,23);2*1-2H3. The number of halogens is 1. The van der Waals surface area contributed by atoms with Gasteiger partial charge in [-0.25, -0.2) is 4.39 Å². The summed E-state index contributed by atoms with van der Waals surface area (Å²) in [5.41, 5.74) is 11.3. The lowest BCUT2D eigenvalue weighted by atomic mass is 9.83. The number of nitrogens with one attached hydrogen (secondary N) is 2. The Hall–Kier alpha value is -5.03. The van der Waals surface area contributed by atoms with Gasteiger partial charge in [0.05, 0.1) is 17.9 Å². The van der Waals surface area contributed by atoms with E-state index in [0.29, 0.717) is 60.2 Å². The van der Waals surface area contributed by atoms with Crippen molar-refractivity contribution < 1.29 is 23.8 Å². The Kier molecular flexibility index (Phi) is 15.0. The zero-order chi connectivity index (χ0) is 39.3. The van der Waals surface area contributed by atoms with Gasteiger partial charge >= 0.3 is 0 Å². The number of carbonyl (C=O) groups is 2. The van der Waals surface area contributed by atoms with Crippen LogP contribution in [0.2, 0.25) is 0 Å². The molecule has 1 aromatic heterocycles. The van der Waals surface area contributed by atoms with Crippen molar-refractivity contribution in [1.82, 2.24) is 20.8 Å². The number of rotatable bonds is 5. The van der Waals surface area contributed by atoms with E-state index in [9.17, 15) is 19.1 Å². The second kappa shape index (κ2) is 20.0. The van der Waals surface area contributed by atoms with Gasteiger partial charge in [0.2, 0.25) is 11.8 Å². The third kappa shape index (κ3) is 9.80. The predicted molar refractivity (Wildman–Crippen MR) is 218 cm³/mol. The number of anilines is 2. The normalized spacial score (nSPS) is 18.5. The smallest absolute Gasteiger partial charge is 0.249 e. The minimum absolute atomic E-state index is 0.0893. The molecular formula is C44H57FN6O4. The molecule has 55 heavy (non-hydrogen) atoms. The molecule has 1 unspecified atom stereocenters. The Bertz CT molecular complexity index is 1890. The molecule has 0 radical (unpaired) electrons. The van der Waals surface area contributed by atoms with Crippen molar-refractivity contribution in [3.05, 3.63) is 83.7 Å². The highest BCUT2D eigenvalue weighted by Gasteiger charge is 2.36. The summed E-state index contributed by atoms with van der Waals surface area (Å²) in [7, 11) is 0. The number of carbonyl (C=O) groups excluding carboxylic acids is 2. The number of piperidine rings is 2. The molecule has 294 valence electrons. The van der Waals surface area contributed by atoms with Gasteiger partial charge in [-0.3, -0.25) is 14.9 Å². The predicted octanol–water partition coefficient (Wildman–Crippen LogP) is 8.50. The zero-order valence-corrected chi connectivity index (χ0v) is 32.7. The Morgan fingerprint density at radius 1 is 0.818 bits per heavy atom. The third-order valence-corrected chi connectivity index (χ3v) is 10.6. The fourth-order valence-electron chi connectivity index (χ4n) is 7.93. The van der Waals surface area contributed by atoms with Gasteiger partial charge in [0, 0.05) is 23.1 Å². The Labute approximate surface area is 325 Å². The number of fused-ring (bicyclic) bond motifs is 1. The van der Waals surface area contributed by atoms with Crippen molar-refractivity contribution in [3.63, 3.8) is 0 Å². The minimum Gasteiger partial charge on any atom is -0.507 e. The number of nitrogens with two attached hydrogens (primary N) is 1. The van der Waals surface area contributed by atoms with Gasteiger partial charge in [0.15, 0.2) is 5.82 Å². The van der Waals surface area contributed by atoms with E-state index in [0.717, 1.165) is 42.9 Å². The van der Waals surface area contributed by atoms with Gasteiger partial charge < -0.3 is 25.8 Å². The number of imide groups is 1. The Morgan fingerprint density at radius 3 is 2.29 bits per heavy atom. The fraction of sp³-hybridized carbons (Fsp3) is 0.455. The third-order valence-electron chi connectivity index (χ3n) is 10.6. The maximum Gasteiger partial charge on any atom is 0.249 e. The van der Waals surface area contributed by atoms with Crippen LogP contribution >= 0.6 is 0 Å². The van der Waals surface area contributed by atoms with Gasteiger partial charge in [0.25, 0.3) is 0 Å². The molecule has 5 N–H and O–H groups in total. The summed E-state index contributed by atoms with van der Waals surface area (Å²) in [6.45, 7) is 11.2. The number of benzene rings is 3. The lowest BCUT2D eigenvalue weighted by Gasteiger charge is -2.39. The molecule has 3 fully saturated rings. The van der Waals surface area contributed by atoms with E-state index in [2.05, 4.69) is 37.9 Å². The topological polar surface area (TPSA) is 143 Å². The lowest BCUT2D eigenvalue weighted by molar-refractivity contribution is -0.134. The fourth-order valence-corrected chi connectivity index (χ4v) is 7.93. The van der Waals surface area contributed by atoms with Crippen LogP contribution < -0.4 is 26.0 Å². The van der Waals surface area contributed by atoms with Gasteiger partial charge in [-0.15, -0.1) is 10.2 Å². The van der Waals surface area contributed by atoms with E-state index in [1.807, 2.05) is 45.9 Å². The summed E-state index contributed by atoms with van der Waals surface area (Å²) >= 11 is 0. The number of aromatic nitrogens is 2. The van der Waals surface area contributed by atoms with Crippen LogP contribution in [0.3, 0.4) is 0 Å². The Morgan fingerprint density at radius 2 is 1.56 bits per heavy atom. The molecule has 1 aliphatic carbocycles. The van der Waals surface area contributed by atoms with Gasteiger partial charge in [0.1, 0.15) is 30.0 Å². The molecule has 2 saturated heterocycles. The summed E-state index contributed by atoms with van der Waals surface area (Å²) in [6, 6.07) is 19.8. The number of hydrogen-bond acceptors (Lipinski definition) is 9. The van der Waals surface area contributed by atoms with E-state index < -0.39 is 0 Å². The molecule has 4 aliphatic rings. The molecule has 0 bridgehead atoms. The van der Waals surface area contributed by atoms with Crippen molar-refractivity contribution in [2.75, 3.05) is 36.9 Å². The number of nitrogen functional groups attached to an aromatic ring is 1. The highest BCUT2D eigenvalue weighted by atomic mass is 19.1. The van der Waals surface area contributed by atoms with Crippen LogP contribution in [0, 0.1) is 5.82 Å². The first kappa shape index (κ1) is 41.1. The Balaban J connectivity index is 0.000000195. The highest BCUT2D eigenvalue weighted by molar-refractivity contribution is 6.02. The molecule has 3 aromatic carbocycles. The molecule has 8 rings (SSSR count). The molecule has 0 spiro atoms. The highest BCUT2D eigenvalue weighted by Crippen LogP contribution is 2.44.